The van der Waals surface area contributed by atoms with Gasteiger partial charge >= 0.3 is 12.4 Å². The molecule has 0 aliphatic carbocycles. The summed E-state index contributed by atoms with van der Waals surface area (Å²) < 4.78 is 40.8. The number of carbonyl (C=O) groups is 2. The number of amidine groups is 1. The van der Waals surface area contributed by atoms with Crippen LogP contribution in [-0.2, 0) is 11.3 Å². The van der Waals surface area contributed by atoms with E-state index in [2.05, 4.69) is 9.72 Å². The molecule has 1 aliphatic rings. The highest BCUT2D eigenvalue weighted by Gasteiger charge is 2.51. The third-order valence-electron chi connectivity index (χ3n) is 4.59. The molecule has 0 bridgehead atoms. The largest absolute Gasteiger partial charge is 0.573 e. The van der Waals surface area contributed by atoms with Gasteiger partial charge in [0.15, 0.2) is 0 Å². The van der Waals surface area contributed by atoms with Gasteiger partial charge in [0.25, 0.3) is 5.91 Å². The standard InChI is InChI=1S/C19H18F3N5O3/c1-18(2)16(28)27(12-3-5-13(6-4-12)30-19(20,21)22)17(29)26(18)10-11-7-8-25-14(9-11)15(23)24/h3-9H,10H2,1-2H3,(H3,23,24). The fraction of sp³-hybridized carbons (Fsp3) is 0.263. The third kappa shape index (κ3) is 4.04. The van der Waals surface area contributed by atoms with E-state index in [1.807, 2.05) is 0 Å². The number of hydrogen-bond donors (Lipinski definition) is 2. The summed E-state index contributed by atoms with van der Waals surface area (Å²) in [6.45, 7) is 3.19. The quantitative estimate of drug-likeness (QED) is 0.438. The van der Waals surface area contributed by atoms with Crippen LogP contribution in [-0.4, -0.2) is 39.6 Å². The molecule has 2 aromatic rings. The second-order valence-electron chi connectivity index (χ2n) is 7.07. The molecule has 0 unspecified atom stereocenters. The van der Waals surface area contributed by atoms with Gasteiger partial charge in [-0.15, -0.1) is 13.2 Å². The fourth-order valence-electron chi connectivity index (χ4n) is 3.03. The number of amides is 3. The zero-order valence-corrected chi connectivity index (χ0v) is 16.0. The van der Waals surface area contributed by atoms with Crippen LogP contribution >= 0.6 is 0 Å². The highest BCUT2D eigenvalue weighted by atomic mass is 19.4. The van der Waals surface area contributed by atoms with Gasteiger partial charge in [0.05, 0.1) is 5.69 Å². The first kappa shape index (κ1) is 21.1. The van der Waals surface area contributed by atoms with E-state index in [9.17, 15) is 22.8 Å². The lowest BCUT2D eigenvalue weighted by molar-refractivity contribution is -0.274. The van der Waals surface area contributed by atoms with Crippen LogP contribution in [0.4, 0.5) is 23.7 Å². The van der Waals surface area contributed by atoms with Crippen molar-refractivity contribution in [1.29, 1.82) is 5.41 Å². The Morgan fingerprint density at radius 3 is 2.40 bits per heavy atom. The molecule has 1 saturated heterocycles. The predicted octanol–water partition coefficient (Wildman–Crippen LogP) is 3.01. The second-order valence-corrected chi connectivity index (χ2v) is 7.07. The number of aromatic nitrogens is 1. The molecule has 0 spiro atoms. The average molecular weight is 421 g/mol. The van der Waals surface area contributed by atoms with E-state index in [4.69, 9.17) is 11.1 Å². The molecule has 1 fully saturated rings. The zero-order chi connectivity index (χ0) is 22.3. The van der Waals surface area contributed by atoms with E-state index in [0.29, 0.717) is 5.56 Å². The lowest BCUT2D eigenvalue weighted by atomic mass is 10.0. The Labute approximate surface area is 169 Å². The Morgan fingerprint density at radius 1 is 1.20 bits per heavy atom. The van der Waals surface area contributed by atoms with E-state index in [1.54, 1.807) is 26.0 Å². The molecule has 0 saturated carbocycles. The smallest absolute Gasteiger partial charge is 0.406 e. The van der Waals surface area contributed by atoms with Crippen molar-refractivity contribution in [2.75, 3.05) is 4.90 Å². The summed E-state index contributed by atoms with van der Waals surface area (Å²) in [5.41, 5.74) is 5.20. The van der Waals surface area contributed by atoms with Crippen LogP contribution < -0.4 is 15.4 Å². The molecule has 3 N–H and O–H groups in total. The highest BCUT2D eigenvalue weighted by molar-refractivity contribution is 6.22. The number of nitrogens with zero attached hydrogens (tertiary/aromatic N) is 3. The predicted molar refractivity (Wildman–Crippen MR) is 101 cm³/mol. The summed E-state index contributed by atoms with van der Waals surface area (Å²) in [7, 11) is 0. The van der Waals surface area contributed by atoms with Gasteiger partial charge in [-0.25, -0.2) is 9.69 Å². The minimum absolute atomic E-state index is 0.0478. The van der Waals surface area contributed by atoms with Gasteiger partial charge in [0, 0.05) is 12.7 Å². The number of rotatable bonds is 5. The summed E-state index contributed by atoms with van der Waals surface area (Å²) >= 11 is 0. The number of pyridine rings is 1. The number of nitrogen functional groups attached to an aromatic ring is 1. The molecule has 1 aromatic carbocycles. The number of imide groups is 1. The van der Waals surface area contributed by atoms with Crippen molar-refractivity contribution in [2.24, 2.45) is 5.73 Å². The first-order chi connectivity index (χ1) is 13.9. The Balaban J connectivity index is 1.87. The summed E-state index contributed by atoms with van der Waals surface area (Å²) in [5.74, 6) is -1.23. The number of alkyl halides is 3. The molecule has 0 radical (unpaired) electrons. The van der Waals surface area contributed by atoms with Gasteiger partial charge in [-0.05, 0) is 55.8 Å². The Hall–Kier alpha value is -3.63. The Morgan fingerprint density at radius 2 is 1.83 bits per heavy atom. The lowest BCUT2D eigenvalue weighted by Crippen LogP contribution is -2.43. The van der Waals surface area contributed by atoms with Crippen LogP contribution in [0.25, 0.3) is 0 Å². The third-order valence-corrected chi connectivity index (χ3v) is 4.59. The van der Waals surface area contributed by atoms with E-state index in [-0.39, 0.29) is 23.8 Å². The molecule has 3 amide bonds. The number of halogens is 3. The molecule has 8 nitrogen and oxygen atoms in total. The number of nitrogens with two attached hydrogens (primary N) is 1. The van der Waals surface area contributed by atoms with Crippen molar-refractivity contribution in [3.05, 3.63) is 53.9 Å². The van der Waals surface area contributed by atoms with Crippen molar-refractivity contribution >= 4 is 23.5 Å². The SMILES string of the molecule is CC1(C)C(=O)N(c2ccc(OC(F)(F)F)cc2)C(=O)N1Cc1ccnc(C(=N)N)c1. The Bertz CT molecular complexity index is 1010. The maximum atomic E-state index is 13.0. The number of ether oxygens (including phenoxy) is 1. The van der Waals surface area contributed by atoms with Crippen LogP contribution in [0.5, 0.6) is 5.75 Å². The fourth-order valence-corrected chi connectivity index (χ4v) is 3.03. The number of carbonyl (C=O) groups excluding carboxylic acids is 2. The molecule has 30 heavy (non-hydrogen) atoms. The van der Waals surface area contributed by atoms with Crippen molar-refractivity contribution < 1.29 is 27.5 Å². The van der Waals surface area contributed by atoms with Crippen LogP contribution in [0.1, 0.15) is 25.1 Å². The molecule has 158 valence electrons. The molecule has 3 rings (SSSR count). The minimum atomic E-state index is -4.84. The average Bonchev–Trinajstić information content (AvgIpc) is 2.81. The van der Waals surface area contributed by atoms with Gasteiger partial charge in [-0.2, -0.15) is 0 Å². The molecule has 0 atom stereocenters. The second kappa shape index (κ2) is 7.32. The molecule has 1 aromatic heterocycles. The van der Waals surface area contributed by atoms with E-state index < -0.39 is 29.6 Å². The van der Waals surface area contributed by atoms with Crippen LogP contribution in [0.2, 0.25) is 0 Å². The summed E-state index contributed by atoms with van der Waals surface area (Å²) in [6.07, 6.45) is -3.40. The van der Waals surface area contributed by atoms with Gasteiger partial charge in [0.2, 0.25) is 0 Å². The lowest BCUT2D eigenvalue weighted by Gasteiger charge is -2.27. The minimum Gasteiger partial charge on any atom is -0.406 e. The van der Waals surface area contributed by atoms with E-state index in [1.165, 1.54) is 23.2 Å². The number of urea groups is 1. The van der Waals surface area contributed by atoms with Gasteiger partial charge < -0.3 is 15.4 Å². The van der Waals surface area contributed by atoms with Crippen LogP contribution in [0, 0.1) is 5.41 Å². The number of hydrogen-bond acceptors (Lipinski definition) is 5. The van der Waals surface area contributed by atoms with Crippen LogP contribution in [0.15, 0.2) is 42.6 Å². The Kier molecular flexibility index (Phi) is 5.15. The van der Waals surface area contributed by atoms with Crippen LogP contribution in [0.3, 0.4) is 0 Å². The molecular weight excluding hydrogens is 403 g/mol. The maximum absolute atomic E-state index is 13.0. The molecular formula is C19H18F3N5O3. The van der Waals surface area contributed by atoms with Gasteiger partial charge in [0.1, 0.15) is 22.8 Å². The molecule has 11 heteroatoms. The maximum Gasteiger partial charge on any atom is 0.573 e. The van der Waals surface area contributed by atoms with Gasteiger partial charge in [-0.1, -0.05) is 0 Å². The van der Waals surface area contributed by atoms with E-state index in [0.717, 1.165) is 17.0 Å². The van der Waals surface area contributed by atoms with Gasteiger partial charge in [-0.3, -0.25) is 15.2 Å². The monoisotopic (exact) mass is 421 g/mol. The molecule has 1 aliphatic heterocycles. The topological polar surface area (TPSA) is 113 Å². The van der Waals surface area contributed by atoms with Crippen molar-refractivity contribution in [3.63, 3.8) is 0 Å². The van der Waals surface area contributed by atoms with Crippen molar-refractivity contribution in [1.82, 2.24) is 9.88 Å². The summed E-state index contributed by atoms with van der Waals surface area (Å²) in [5, 5.41) is 7.47. The van der Waals surface area contributed by atoms with E-state index >= 15 is 0 Å². The number of anilines is 1. The summed E-state index contributed by atoms with van der Waals surface area (Å²) in [6, 6.07) is 7.01. The normalized spacial score (nSPS) is 16.2. The first-order valence-corrected chi connectivity index (χ1v) is 8.71. The molecule has 2 heterocycles. The first-order valence-electron chi connectivity index (χ1n) is 8.71. The zero-order valence-electron chi connectivity index (χ0n) is 16.0. The highest BCUT2D eigenvalue weighted by Crippen LogP contribution is 2.34. The number of nitrogens with one attached hydrogen (secondary N) is 1. The number of benzene rings is 1. The summed E-state index contributed by atoms with van der Waals surface area (Å²) in [4.78, 5) is 32.1. The van der Waals surface area contributed by atoms with Crippen molar-refractivity contribution in [2.45, 2.75) is 32.3 Å². The van der Waals surface area contributed by atoms with Crippen molar-refractivity contribution in [3.8, 4) is 5.75 Å².